The lowest BCUT2D eigenvalue weighted by atomic mass is 10.0. The molecule has 0 aromatic carbocycles. The molecule has 0 spiro atoms. The molecule has 6 heteroatoms. The van der Waals surface area contributed by atoms with E-state index in [1.54, 1.807) is 0 Å². The van der Waals surface area contributed by atoms with Crippen molar-refractivity contribution in [3.63, 3.8) is 0 Å². The molecule has 1 saturated heterocycles. The summed E-state index contributed by atoms with van der Waals surface area (Å²) in [6.07, 6.45) is 3.24. The normalized spacial score (nSPS) is 29.3. The van der Waals surface area contributed by atoms with Crippen LogP contribution in [0.1, 0.15) is 33.1 Å². The molecule has 0 aromatic rings. The highest BCUT2D eigenvalue weighted by atomic mass is 32.2. The molecule has 2 unspecified atom stereocenters. The van der Waals surface area contributed by atoms with Crippen LogP contribution in [-0.4, -0.2) is 37.8 Å². The maximum Gasteiger partial charge on any atom is 0.225 e. The molecule has 15 heavy (non-hydrogen) atoms. The van der Waals surface area contributed by atoms with Crippen molar-refractivity contribution in [1.29, 1.82) is 0 Å². The lowest BCUT2D eigenvalue weighted by molar-refractivity contribution is 0.0791. The zero-order valence-corrected chi connectivity index (χ0v) is 10.3. The van der Waals surface area contributed by atoms with Crippen LogP contribution in [0.2, 0.25) is 0 Å². The van der Waals surface area contributed by atoms with Gasteiger partial charge in [-0.1, -0.05) is 6.42 Å². The van der Waals surface area contributed by atoms with E-state index in [-0.39, 0.29) is 24.4 Å². The monoisotopic (exact) mass is 235 g/mol. The Kier molecular flexibility index (Phi) is 4.51. The van der Waals surface area contributed by atoms with Crippen molar-refractivity contribution in [2.75, 3.05) is 12.3 Å². The molecule has 0 bridgehead atoms. The van der Waals surface area contributed by atoms with E-state index in [4.69, 9.17) is 5.73 Å². The Morgan fingerprint density at radius 3 is 2.33 bits per heavy atom. The van der Waals surface area contributed by atoms with Gasteiger partial charge in [-0.3, -0.25) is 0 Å². The van der Waals surface area contributed by atoms with Gasteiger partial charge in [-0.25, -0.2) is 13.4 Å². The van der Waals surface area contributed by atoms with E-state index >= 15 is 0 Å². The number of nitrogens with zero attached hydrogens (tertiary/aromatic N) is 1. The van der Waals surface area contributed by atoms with Gasteiger partial charge in [-0.2, -0.15) is 0 Å². The largest absolute Gasteiger partial charge is 0.329 e. The summed E-state index contributed by atoms with van der Waals surface area (Å²) in [6, 6.07) is 0.530. The Labute approximate surface area is 92.0 Å². The van der Waals surface area contributed by atoms with Crippen LogP contribution in [0.3, 0.4) is 0 Å². The van der Waals surface area contributed by atoms with Gasteiger partial charge in [0.15, 0.2) is 0 Å². The first-order valence-electron chi connectivity index (χ1n) is 5.45. The third-order valence-electron chi connectivity index (χ3n) is 2.82. The highest BCUT2D eigenvalue weighted by Crippen LogP contribution is 2.20. The van der Waals surface area contributed by atoms with Gasteiger partial charge in [0.25, 0.3) is 0 Å². The molecule has 2 atom stereocenters. The Morgan fingerprint density at radius 1 is 1.33 bits per heavy atom. The van der Waals surface area contributed by atoms with Crippen molar-refractivity contribution in [3.05, 3.63) is 0 Å². The first-order chi connectivity index (χ1) is 6.96. The summed E-state index contributed by atoms with van der Waals surface area (Å²) in [6.45, 7) is 4.24. The van der Waals surface area contributed by atoms with Crippen LogP contribution in [0.15, 0.2) is 0 Å². The summed E-state index contributed by atoms with van der Waals surface area (Å²) in [5.74, 6) is -0.0110. The summed E-state index contributed by atoms with van der Waals surface area (Å²) in [7, 11) is -3.25. The quantitative estimate of drug-likeness (QED) is 0.721. The first kappa shape index (κ1) is 12.9. The van der Waals surface area contributed by atoms with Crippen LogP contribution >= 0.6 is 0 Å². The summed E-state index contributed by atoms with van der Waals surface area (Å²) >= 11 is 0. The molecule has 0 aromatic heterocycles. The van der Waals surface area contributed by atoms with Crippen molar-refractivity contribution >= 4 is 10.0 Å². The minimum absolute atomic E-state index is 0.0110. The van der Waals surface area contributed by atoms with Crippen LogP contribution in [0.4, 0.5) is 0 Å². The van der Waals surface area contributed by atoms with E-state index in [2.05, 4.69) is 4.83 Å². The Morgan fingerprint density at radius 2 is 1.87 bits per heavy atom. The minimum atomic E-state index is -3.25. The Balaban J connectivity index is 2.62. The molecule has 90 valence electrons. The van der Waals surface area contributed by atoms with Gasteiger partial charge in [-0.15, -0.1) is 4.83 Å². The predicted octanol–water partition coefficient (Wildman–Crippen LogP) is 0.0424. The average Bonchev–Trinajstić information content (AvgIpc) is 2.11. The zero-order chi connectivity index (χ0) is 11.5. The van der Waals surface area contributed by atoms with E-state index in [0.29, 0.717) is 0 Å². The first-order valence-corrected chi connectivity index (χ1v) is 7.10. The fraction of sp³-hybridized carbons (Fsp3) is 1.00. The van der Waals surface area contributed by atoms with Crippen molar-refractivity contribution in [2.45, 2.75) is 45.2 Å². The smallest absolute Gasteiger partial charge is 0.225 e. The lowest BCUT2D eigenvalue weighted by Gasteiger charge is -2.38. The van der Waals surface area contributed by atoms with Crippen molar-refractivity contribution in [2.24, 2.45) is 5.73 Å². The summed E-state index contributed by atoms with van der Waals surface area (Å²) in [4.78, 5) is 2.62. The third kappa shape index (κ3) is 3.71. The van der Waals surface area contributed by atoms with Gasteiger partial charge >= 0.3 is 0 Å². The molecular formula is C9H21N3O2S. The van der Waals surface area contributed by atoms with Gasteiger partial charge in [0.2, 0.25) is 10.0 Å². The second-order valence-electron chi connectivity index (χ2n) is 4.24. The maximum absolute atomic E-state index is 11.6. The number of sulfonamides is 1. The van der Waals surface area contributed by atoms with Gasteiger partial charge < -0.3 is 5.73 Å². The second kappa shape index (κ2) is 5.25. The van der Waals surface area contributed by atoms with Gasteiger partial charge in [0.05, 0.1) is 5.75 Å². The molecule has 1 aliphatic rings. The lowest BCUT2D eigenvalue weighted by Crippen LogP contribution is -2.54. The van der Waals surface area contributed by atoms with Crippen molar-refractivity contribution in [1.82, 2.24) is 9.84 Å². The van der Waals surface area contributed by atoms with Crippen molar-refractivity contribution in [3.8, 4) is 0 Å². The van der Waals surface area contributed by atoms with Crippen LogP contribution in [0.25, 0.3) is 0 Å². The van der Waals surface area contributed by atoms with Crippen LogP contribution < -0.4 is 10.6 Å². The number of nitrogens with one attached hydrogen (secondary N) is 1. The minimum Gasteiger partial charge on any atom is -0.329 e. The number of rotatable bonds is 4. The molecule has 1 aliphatic heterocycles. The summed E-state index contributed by atoms with van der Waals surface area (Å²) < 4.78 is 23.1. The topological polar surface area (TPSA) is 75.4 Å². The van der Waals surface area contributed by atoms with Crippen molar-refractivity contribution < 1.29 is 8.42 Å². The van der Waals surface area contributed by atoms with Gasteiger partial charge in [0.1, 0.15) is 0 Å². The number of nitrogens with two attached hydrogens (primary N) is 1. The van der Waals surface area contributed by atoms with E-state index in [1.165, 1.54) is 0 Å². The Hall–Kier alpha value is -0.170. The van der Waals surface area contributed by atoms with Gasteiger partial charge in [0, 0.05) is 18.6 Å². The molecule has 0 amide bonds. The standard InChI is InChI=1S/C9H21N3O2S/c1-8-4-3-5-9(2)12(8)11-15(13,14)7-6-10/h8-9,11H,3-7,10H2,1-2H3. The summed E-state index contributed by atoms with van der Waals surface area (Å²) in [5.41, 5.74) is 5.25. The van der Waals surface area contributed by atoms with Crippen LogP contribution in [-0.2, 0) is 10.0 Å². The van der Waals surface area contributed by atoms with Crippen LogP contribution in [0.5, 0.6) is 0 Å². The van der Waals surface area contributed by atoms with E-state index in [0.717, 1.165) is 19.3 Å². The predicted molar refractivity (Wildman–Crippen MR) is 60.6 cm³/mol. The molecular weight excluding hydrogens is 214 g/mol. The van der Waals surface area contributed by atoms with E-state index in [1.807, 2.05) is 18.9 Å². The molecule has 0 radical (unpaired) electrons. The average molecular weight is 235 g/mol. The highest BCUT2D eigenvalue weighted by molar-refractivity contribution is 7.89. The van der Waals surface area contributed by atoms with Gasteiger partial charge in [-0.05, 0) is 26.7 Å². The molecule has 1 fully saturated rings. The SMILES string of the molecule is CC1CCCC(C)N1NS(=O)(=O)CCN. The van der Waals surface area contributed by atoms with Crippen LogP contribution in [0, 0.1) is 0 Å². The molecule has 3 N–H and O–H groups in total. The highest BCUT2D eigenvalue weighted by Gasteiger charge is 2.27. The molecule has 1 rings (SSSR count). The fourth-order valence-electron chi connectivity index (χ4n) is 1.96. The summed E-state index contributed by atoms with van der Waals surface area (Å²) in [5, 5.41) is 1.84. The molecule has 0 saturated carbocycles. The van der Waals surface area contributed by atoms with E-state index < -0.39 is 10.0 Å². The maximum atomic E-state index is 11.6. The fourth-order valence-corrected chi connectivity index (χ4v) is 3.05. The second-order valence-corrected chi connectivity index (χ2v) is 6.06. The number of hydrogen-bond donors (Lipinski definition) is 2. The Bertz CT molecular complexity index is 282. The molecule has 0 aliphatic carbocycles. The number of piperidine rings is 1. The zero-order valence-electron chi connectivity index (χ0n) is 9.44. The van der Waals surface area contributed by atoms with E-state index in [9.17, 15) is 8.42 Å². The third-order valence-corrected chi connectivity index (χ3v) is 4.09. The number of hydrogen-bond acceptors (Lipinski definition) is 4. The molecule has 5 nitrogen and oxygen atoms in total. The molecule has 1 heterocycles. The number of hydrazine groups is 1.